The molecule has 0 unspecified atom stereocenters. The molecule has 0 amide bonds. The number of halogens is 3. The quantitative estimate of drug-likeness (QED) is 0.503. The molecule has 0 atom stereocenters. The van der Waals surface area contributed by atoms with Crippen LogP contribution in [0.4, 0.5) is 8.78 Å². The molecule has 0 bridgehead atoms. The summed E-state index contributed by atoms with van der Waals surface area (Å²) >= 11 is 5.27. The highest BCUT2D eigenvalue weighted by atomic mass is 35.5. The van der Waals surface area contributed by atoms with Crippen LogP contribution in [0, 0.1) is 11.8 Å². The maximum absolute atomic E-state index is 12.9. The van der Waals surface area contributed by atoms with Crippen molar-refractivity contribution in [3.63, 3.8) is 0 Å². The van der Waals surface area contributed by atoms with E-state index in [4.69, 9.17) is 11.6 Å². The summed E-state index contributed by atoms with van der Waals surface area (Å²) < 4.78 is 25.5. The minimum Gasteiger partial charge on any atom is -0.294 e. The summed E-state index contributed by atoms with van der Waals surface area (Å²) in [6.07, 6.45) is 0.818. The van der Waals surface area contributed by atoms with Gasteiger partial charge in [0.2, 0.25) is 5.95 Å². The first-order chi connectivity index (χ1) is 5.54. The van der Waals surface area contributed by atoms with Crippen molar-refractivity contribution < 1.29 is 13.6 Å². The van der Waals surface area contributed by atoms with E-state index < -0.39 is 23.1 Å². The summed E-state index contributed by atoms with van der Waals surface area (Å²) in [5, 5.41) is -0.360. The summed E-state index contributed by atoms with van der Waals surface area (Å²) in [5.74, 6) is -2.93. The zero-order chi connectivity index (χ0) is 9.30. The van der Waals surface area contributed by atoms with Crippen LogP contribution in [0.1, 0.15) is 17.3 Å². The molecular formula is C7H4ClF2NO. The molecule has 1 aromatic rings. The smallest absolute Gasteiger partial charge is 0.226 e. The molecule has 5 heteroatoms. The number of hydrogen-bond donors (Lipinski definition) is 0. The van der Waals surface area contributed by atoms with Crippen LogP contribution in [0.15, 0.2) is 6.20 Å². The van der Waals surface area contributed by atoms with Gasteiger partial charge in [0.1, 0.15) is 5.56 Å². The molecule has 0 fully saturated rings. The van der Waals surface area contributed by atoms with Gasteiger partial charge in [0, 0.05) is 0 Å². The van der Waals surface area contributed by atoms with Gasteiger partial charge in [-0.25, -0.2) is 9.37 Å². The Labute approximate surface area is 72.2 Å². The number of rotatable bonds is 1. The number of pyridine rings is 1. The zero-order valence-corrected chi connectivity index (χ0v) is 6.82. The van der Waals surface area contributed by atoms with Crippen LogP contribution < -0.4 is 0 Å². The van der Waals surface area contributed by atoms with Gasteiger partial charge in [-0.3, -0.25) is 4.79 Å². The normalized spacial score (nSPS) is 10.0. The van der Waals surface area contributed by atoms with Crippen molar-refractivity contribution in [2.24, 2.45) is 0 Å². The third-order valence-electron chi connectivity index (χ3n) is 1.28. The fraction of sp³-hybridized carbons (Fsp3) is 0.143. The van der Waals surface area contributed by atoms with E-state index in [1.807, 2.05) is 0 Å². The molecule has 0 aliphatic heterocycles. The third-order valence-corrected chi connectivity index (χ3v) is 1.54. The summed E-state index contributed by atoms with van der Waals surface area (Å²) in [7, 11) is 0. The van der Waals surface area contributed by atoms with Crippen molar-refractivity contribution in [3.8, 4) is 0 Å². The van der Waals surface area contributed by atoms with Gasteiger partial charge in [0.15, 0.2) is 11.6 Å². The molecule has 0 aromatic carbocycles. The summed E-state index contributed by atoms with van der Waals surface area (Å²) in [5.41, 5.74) is -0.692. The standard InChI is InChI=1S/C7H4ClF2NO/c1-3(12)5-6(9)4(8)2-11-7(5)10/h2H,1H3. The molecule has 0 spiro atoms. The van der Waals surface area contributed by atoms with E-state index in [9.17, 15) is 13.6 Å². The first-order valence-electron chi connectivity index (χ1n) is 3.04. The molecule has 64 valence electrons. The van der Waals surface area contributed by atoms with Gasteiger partial charge in [0.25, 0.3) is 0 Å². The fourth-order valence-electron chi connectivity index (χ4n) is 0.744. The van der Waals surface area contributed by atoms with Crippen LogP contribution in [0.3, 0.4) is 0 Å². The Kier molecular flexibility index (Phi) is 2.38. The Bertz CT molecular complexity index is 340. The van der Waals surface area contributed by atoms with E-state index in [0.29, 0.717) is 0 Å². The number of aromatic nitrogens is 1. The van der Waals surface area contributed by atoms with Crippen LogP contribution in [0.2, 0.25) is 5.02 Å². The van der Waals surface area contributed by atoms with Gasteiger partial charge >= 0.3 is 0 Å². The minimum absolute atomic E-state index is 0.360. The average molecular weight is 192 g/mol. The first-order valence-corrected chi connectivity index (χ1v) is 3.42. The lowest BCUT2D eigenvalue weighted by Gasteiger charge is -1.99. The van der Waals surface area contributed by atoms with Crippen molar-refractivity contribution in [1.29, 1.82) is 0 Å². The second kappa shape index (κ2) is 3.15. The predicted molar refractivity (Wildman–Crippen MR) is 39.2 cm³/mol. The maximum atomic E-state index is 12.9. The molecule has 0 saturated carbocycles. The number of carbonyl (C=O) groups is 1. The Morgan fingerprint density at radius 3 is 2.58 bits per heavy atom. The largest absolute Gasteiger partial charge is 0.294 e. The van der Waals surface area contributed by atoms with Crippen LogP contribution >= 0.6 is 11.6 Å². The number of hydrogen-bond acceptors (Lipinski definition) is 2. The molecular weight excluding hydrogens is 188 g/mol. The molecule has 12 heavy (non-hydrogen) atoms. The zero-order valence-electron chi connectivity index (χ0n) is 6.07. The highest BCUT2D eigenvalue weighted by molar-refractivity contribution is 6.31. The molecule has 1 heterocycles. The number of Topliss-reactive ketones (excluding diaryl/α,β-unsaturated/α-hetero) is 1. The van der Waals surface area contributed by atoms with E-state index in [1.165, 1.54) is 0 Å². The highest BCUT2D eigenvalue weighted by Gasteiger charge is 2.17. The van der Waals surface area contributed by atoms with E-state index in [1.54, 1.807) is 0 Å². The average Bonchev–Trinajstić information content (AvgIpc) is 1.97. The summed E-state index contributed by atoms with van der Waals surface area (Å²) in [6, 6.07) is 0. The maximum Gasteiger partial charge on any atom is 0.226 e. The van der Waals surface area contributed by atoms with E-state index in [0.717, 1.165) is 13.1 Å². The Balaban J connectivity index is 3.43. The van der Waals surface area contributed by atoms with Crippen molar-refractivity contribution in [3.05, 3.63) is 28.5 Å². The second-order valence-electron chi connectivity index (χ2n) is 2.14. The lowest BCUT2D eigenvalue weighted by molar-refractivity contribution is 0.100. The van der Waals surface area contributed by atoms with Crippen molar-refractivity contribution >= 4 is 17.4 Å². The molecule has 0 radical (unpaired) electrons. The molecule has 1 aromatic heterocycles. The Morgan fingerprint density at radius 2 is 2.17 bits per heavy atom. The predicted octanol–water partition coefficient (Wildman–Crippen LogP) is 2.22. The highest BCUT2D eigenvalue weighted by Crippen LogP contribution is 2.18. The van der Waals surface area contributed by atoms with Crippen LogP contribution in [0.5, 0.6) is 0 Å². The fourth-order valence-corrected chi connectivity index (χ4v) is 0.888. The number of nitrogens with zero attached hydrogens (tertiary/aromatic N) is 1. The number of ketones is 1. The molecule has 0 saturated heterocycles. The monoisotopic (exact) mass is 191 g/mol. The molecule has 0 N–H and O–H groups in total. The van der Waals surface area contributed by atoms with E-state index in [-0.39, 0.29) is 5.02 Å². The lowest BCUT2D eigenvalue weighted by atomic mass is 10.2. The van der Waals surface area contributed by atoms with Gasteiger partial charge in [-0.15, -0.1) is 0 Å². The SMILES string of the molecule is CC(=O)c1c(F)ncc(Cl)c1F. The Hall–Kier alpha value is -1.03. The van der Waals surface area contributed by atoms with Gasteiger partial charge in [-0.2, -0.15) is 4.39 Å². The minimum atomic E-state index is -1.13. The van der Waals surface area contributed by atoms with Gasteiger partial charge in [0.05, 0.1) is 11.2 Å². The number of carbonyl (C=O) groups excluding carboxylic acids is 1. The van der Waals surface area contributed by atoms with Crippen molar-refractivity contribution in [1.82, 2.24) is 4.98 Å². The molecule has 0 aliphatic rings. The molecule has 1 rings (SSSR count). The van der Waals surface area contributed by atoms with E-state index in [2.05, 4.69) is 4.98 Å². The van der Waals surface area contributed by atoms with Crippen molar-refractivity contribution in [2.75, 3.05) is 0 Å². The van der Waals surface area contributed by atoms with Gasteiger partial charge in [-0.1, -0.05) is 11.6 Å². The first kappa shape index (κ1) is 9.06. The summed E-state index contributed by atoms with van der Waals surface area (Å²) in [4.78, 5) is 13.8. The molecule has 0 aliphatic carbocycles. The molecule has 2 nitrogen and oxygen atoms in total. The topological polar surface area (TPSA) is 30.0 Å². The Morgan fingerprint density at radius 1 is 1.58 bits per heavy atom. The van der Waals surface area contributed by atoms with Gasteiger partial charge < -0.3 is 0 Å². The van der Waals surface area contributed by atoms with Crippen LogP contribution in [-0.4, -0.2) is 10.8 Å². The van der Waals surface area contributed by atoms with E-state index >= 15 is 0 Å². The second-order valence-corrected chi connectivity index (χ2v) is 2.55. The van der Waals surface area contributed by atoms with Crippen LogP contribution in [-0.2, 0) is 0 Å². The van der Waals surface area contributed by atoms with Crippen LogP contribution in [0.25, 0.3) is 0 Å². The summed E-state index contributed by atoms with van der Waals surface area (Å²) in [6.45, 7) is 1.04. The lowest BCUT2D eigenvalue weighted by Crippen LogP contribution is -2.04. The van der Waals surface area contributed by atoms with Gasteiger partial charge in [-0.05, 0) is 6.92 Å². The van der Waals surface area contributed by atoms with Crippen molar-refractivity contribution in [2.45, 2.75) is 6.92 Å². The third kappa shape index (κ3) is 1.43.